The van der Waals surface area contributed by atoms with E-state index in [-0.39, 0.29) is 18.2 Å². The molecule has 1 aliphatic heterocycles. The molecule has 1 amide bonds. The molecule has 0 aliphatic carbocycles. The Morgan fingerprint density at radius 2 is 2.00 bits per heavy atom. The molecule has 1 aromatic rings. The summed E-state index contributed by atoms with van der Waals surface area (Å²) >= 11 is 0. The summed E-state index contributed by atoms with van der Waals surface area (Å²) in [6.45, 7) is 10.0. The van der Waals surface area contributed by atoms with E-state index in [2.05, 4.69) is 26.1 Å². The van der Waals surface area contributed by atoms with Gasteiger partial charge in [0.05, 0.1) is 6.54 Å². The number of nitrogens with one attached hydrogen (secondary N) is 1. The fourth-order valence-electron chi connectivity index (χ4n) is 2.09. The predicted octanol–water partition coefficient (Wildman–Crippen LogP) is 2.15. The van der Waals surface area contributed by atoms with E-state index in [1.165, 1.54) is 0 Å². The fraction of sp³-hybridized carbons (Fsp3) is 0.562. The van der Waals surface area contributed by atoms with E-state index in [1.807, 2.05) is 30.0 Å². The summed E-state index contributed by atoms with van der Waals surface area (Å²) in [6, 6.07) is 5.81. The van der Waals surface area contributed by atoms with Gasteiger partial charge in [0.2, 0.25) is 12.7 Å². The molecule has 1 aromatic carbocycles. The van der Waals surface area contributed by atoms with Crippen LogP contribution in [0.5, 0.6) is 11.5 Å². The van der Waals surface area contributed by atoms with Gasteiger partial charge in [-0.3, -0.25) is 4.79 Å². The molecule has 0 spiro atoms. The zero-order chi connectivity index (χ0) is 15.5. The lowest BCUT2D eigenvalue weighted by molar-refractivity contribution is -0.130. The first-order valence-corrected chi connectivity index (χ1v) is 7.30. The molecule has 1 heterocycles. The van der Waals surface area contributed by atoms with Gasteiger partial charge in [0.15, 0.2) is 11.5 Å². The molecule has 0 unspecified atom stereocenters. The molecule has 0 atom stereocenters. The third-order valence-corrected chi connectivity index (χ3v) is 3.31. The van der Waals surface area contributed by atoms with Crippen molar-refractivity contribution in [1.82, 2.24) is 10.2 Å². The van der Waals surface area contributed by atoms with Crippen LogP contribution in [0.1, 0.15) is 33.3 Å². The van der Waals surface area contributed by atoms with E-state index in [1.54, 1.807) is 0 Å². The lowest BCUT2D eigenvalue weighted by Gasteiger charge is -2.25. The van der Waals surface area contributed by atoms with Gasteiger partial charge in [-0.1, -0.05) is 6.07 Å². The lowest BCUT2D eigenvalue weighted by Crippen LogP contribution is -2.44. The first-order chi connectivity index (χ1) is 9.89. The Balaban J connectivity index is 1.97. The average Bonchev–Trinajstić information content (AvgIpc) is 2.88. The molecule has 1 aliphatic rings. The molecule has 0 bridgehead atoms. The van der Waals surface area contributed by atoms with E-state index < -0.39 is 0 Å². The van der Waals surface area contributed by atoms with Gasteiger partial charge in [0.25, 0.3) is 0 Å². The number of likely N-dealkylation sites (N-methyl/N-ethyl adjacent to an activating group) is 1. The maximum absolute atomic E-state index is 12.3. The van der Waals surface area contributed by atoms with Gasteiger partial charge in [0, 0.05) is 18.6 Å². The first kappa shape index (κ1) is 15.6. The highest BCUT2D eigenvalue weighted by Gasteiger charge is 2.18. The summed E-state index contributed by atoms with van der Waals surface area (Å²) < 4.78 is 10.7. The Hall–Kier alpha value is -1.75. The van der Waals surface area contributed by atoms with Crippen LogP contribution in [0, 0.1) is 0 Å². The summed E-state index contributed by atoms with van der Waals surface area (Å²) in [6.07, 6.45) is 0. The van der Waals surface area contributed by atoms with Gasteiger partial charge in [-0.05, 0) is 45.4 Å². The van der Waals surface area contributed by atoms with E-state index in [0.717, 1.165) is 17.1 Å². The predicted molar refractivity (Wildman–Crippen MR) is 81.4 cm³/mol. The average molecular weight is 292 g/mol. The summed E-state index contributed by atoms with van der Waals surface area (Å²) in [5.41, 5.74) is 0.985. The van der Waals surface area contributed by atoms with Crippen molar-refractivity contribution in [2.45, 2.75) is 39.8 Å². The van der Waals surface area contributed by atoms with Crippen molar-refractivity contribution in [1.29, 1.82) is 0 Å². The second-order valence-corrected chi connectivity index (χ2v) is 6.20. The molecule has 0 saturated heterocycles. The molecule has 0 saturated carbocycles. The minimum atomic E-state index is -0.0617. The minimum Gasteiger partial charge on any atom is -0.454 e. The molecule has 1 N–H and O–H groups in total. The van der Waals surface area contributed by atoms with Gasteiger partial charge in [-0.25, -0.2) is 0 Å². The number of amides is 1. The second kappa shape index (κ2) is 6.35. The minimum absolute atomic E-state index is 0.0617. The quantitative estimate of drug-likeness (QED) is 0.903. The van der Waals surface area contributed by atoms with Crippen LogP contribution in [0.2, 0.25) is 0 Å². The largest absolute Gasteiger partial charge is 0.454 e. The van der Waals surface area contributed by atoms with Crippen LogP contribution in [0.15, 0.2) is 18.2 Å². The molecule has 0 radical (unpaired) electrons. The molecular weight excluding hydrogens is 268 g/mol. The topological polar surface area (TPSA) is 50.8 Å². The monoisotopic (exact) mass is 292 g/mol. The van der Waals surface area contributed by atoms with E-state index >= 15 is 0 Å². The summed E-state index contributed by atoms with van der Waals surface area (Å²) in [5, 5.41) is 3.23. The summed E-state index contributed by atoms with van der Waals surface area (Å²) in [4.78, 5) is 14.1. The van der Waals surface area contributed by atoms with Crippen molar-refractivity contribution in [3.63, 3.8) is 0 Å². The number of hydrogen-bond acceptors (Lipinski definition) is 4. The number of carbonyl (C=O) groups is 1. The van der Waals surface area contributed by atoms with Crippen LogP contribution in [0.4, 0.5) is 0 Å². The fourth-order valence-corrected chi connectivity index (χ4v) is 2.09. The van der Waals surface area contributed by atoms with Crippen LogP contribution >= 0.6 is 0 Å². The maximum Gasteiger partial charge on any atom is 0.236 e. The highest BCUT2D eigenvalue weighted by molar-refractivity contribution is 5.78. The Kier molecular flexibility index (Phi) is 4.73. The van der Waals surface area contributed by atoms with Crippen LogP contribution in [-0.4, -0.2) is 36.2 Å². The van der Waals surface area contributed by atoms with Crippen molar-refractivity contribution in [3.05, 3.63) is 23.8 Å². The summed E-state index contributed by atoms with van der Waals surface area (Å²) in [7, 11) is 0. The van der Waals surface area contributed by atoms with E-state index in [4.69, 9.17) is 9.47 Å². The van der Waals surface area contributed by atoms with Crippen molar-refractivity contribution in [2.75, 3.05) is 19.9 Å². The Labute approximate surface area is 126 Å². The lowest BCUT2D eigenvalue weighted by atomic mass is 10.1. The number of ether oxygens (including phenoxy) is 2. The van der Waals surface area contributed by atoms with E-state index in [0.29, 0.717) is 19.6 Å². The third kappa shape index (κ3) is 4.36. The molecule has 116 valence electrons. The van der Waals surface area contributed by atoms with Gasteiger partial charge in [0.1, 0.15) is 0 Å². The number of carbonyl (C=O) groups excluding carboxylic acids is 1. The zero-order valence-corrected chi connectivity index (χ0v) is 13.2. The standard InChI is InChI=1S/C16H24N2O3/c1-5-18(15(19)9-17-16(2,3)4)10-12-6-7-13-14(8-12)21-11-20-13/h6-8,17H,5,9-11H2,1-4H3. The number of rotatable bonds is 5. The summed E-state index contributed by atoms with van der Waals surface area (Å²) in [5.74, 6) is 1.62. The van der Waals surface area contributed by atoms with Gasteiger partial charge >= 0.3 is 0 Å². The Bertz CT molecular complexity index is 509. The van der Waals surface area contributed by atoms with Gasteiger partial charge < -0.3 is 19.7 Å². The van der Waals surface area contributed by atoms with Gasteiger partial charge in [-0.2, -0.15) is 0 Å². The third-order valence-electron chi connectivity index (χ3n) is 3.31. The number of fused-ring (bicyclic) bond motifs is 1. The van der Waals surface area contributed by atoms with Crippen LogP contribution in [0.3, 0.4) is 0 Å². The zero-order valence-electron chi connectivity index (χ0n) is 13.2. The molecule has 0 aromatic heterocycles. The number of hydrogen-bond donors (Lipinski definition) is 1. The molecule has 0 fully saturated rings. The number of nitrogens with zero attached hydrogens (tertiary/aromatic N) is 1. The highest BCUT2D eigenvalue weighted by atomic mass is 16.7. The van der Waals surface area contributed by atoms with Gasteiger partial charge in [-0.15, -0.1) is 0 Å². The van der Waals surface area contributed by atoms with Crippen LogP contribution in [0.25, 0.3) is 0 Å². The number of benzene rings is 1. The highest BCUT2D eigenvalue weighted by Crippen LogP contribution is 2.32. The maximum atomic E-state index is 12.3. The smallest absolute Gasteiger partial charge is 0.236 e. The van der Waals surface area contributed by atoms with Crippen molar-refractivity contribution in [3.8, 4) is 11.5 Å². The Morgan fingerprint density at radius 1 is 1.29 bits per heavy atom. The normalized spacial score (nSPS) is 13.3. The van der Waals surface area contributed by atoms with Crippen LogP contribution < -0.4 is 14.8 Å². The van der Waals surface area contributed by atoms with Crippen LogP contribution in [-0.2, 0) is 11.3 Å². The Morgan fingerprint density at radius 3 is 2.67 bits per heavy atom. The molecular formula is C16H24N2O3. The van der Waals surface area contributed by atoms with Crippen molar-refractivity contribution < 1.29 is 14.3 Å². The van der Waals surface area contributed by atoms with Crippen molar-refractivity contribution >= 4 is 5.91 Å². The molecule has 21 heavy (non-hydrogen) atoms. The molecule has 5 nitrogen and oxygen atoms in total. The van der Waals surface area contributed by atoms with Crippen molar-refractivity contribution in [2.24, 2.45) is 0 Å². The first-order valence-electron chi connectivity index (χ1n) is 7.30. The van der Waals surface area contributed by atoms with E-state index in [9.17, 15) is 4.79 Å². The molecule has 5 heteroatoms. The molecule has 2 rings (SSSR count). The second-order valence-electron chi connectivity index (χ2n) is 6.20. The SMILES string of the molecule is CCN(Cc1ccc2c(c1)OCO2)C(=O)CNC(C)(C)C.